The SMILES string of the molecule is C#CCNC(=O)C(=C=c1sc(=C=CNc2nccc(N[C@@H](CO)C(C)C)n2)c(=O)n1CC)C#N. The van der Waals surface area contributed by atoms with Crippen molar-refractivity contribution in [2.45, 2.75) is 33.4 Å². The minimum absolute atomic E-state index is 0.0267. The van der Waals surface area contributed by atoms with Gasteiger partial charge in [-0.2, -0.15) is 10.2 Å². The lowest BCUT2D eigenvalue weighted by Gasteiger charge is -2.20. The van der Waals surface area contributed by atoms with E-state index in [0.29, 0.717) is 17.0 Å². The maximum atomic E-state index is 12.7. The van der Waals surface area contributed by atoms with E-state index in [1.54, 1.807) is 25.3 Å². The number of hydrogen-bond donors (Lipinski definition) is 4. The predicted molar refractivity (Wildman–Crippen MR) is 131 cm³/mol. The fourth-order valence-electron chi connectivity index (χ4n) is 2.63. The Morgan fingerprint density at radius 2 is 2.21 bits per heavy atom. The first-order chi connectivity index (χ1) is 16.3. The molecule has 0 aromatic carbocycles. The number of anilines is 2. The molecule has 0 saturated heterocycles. The highest BCUT2D eigenvalue weighted by Gasteiger charge is 2.12. The molecule has 2 aromatic rings. The molecular weight excluding hydrogens is 454 g/mol. The Balaban J connectivity index is 2.41. The van der Waals surface area contributed by atoms with E-state index in [4.69, 9.17) is 6.42 Å². The van der Waals surface area contributed by atoms with Crippen LogP contribution >= 0.6 is 11.3 Å². The Kier molecular flexibility index (Phi) is 9.85. The van der Waals surface area contributed by atoms with Crippen molar-refractivity contribution in [1.82, 2.24) is 19.9 Å². The van der Waals surface area contributed by atoms with Gasteiger partial charge in [-0.25, -0.2) is 4.98 Å². The number of aromatic nitrogens is 3. The lowest BCUT2D eigenvalue weighted by molar-refractivity contribution is -0.116. The van der Waals surface area contributed by atoms with E-state index >= 15 is 0 Å². The molecule has 0 fully saturated rings. The van der Waals surface area contributed by atoms with Crippen molar-refractivity contribution < 1.29 is 9.90 Å². The summed E-state index contributed by atoms with van der Waals surface area (Å²) in [5.74, 6) is 2.60. The molecule has 0 unspecified atom stereocenters. The number of aliphatic hydroxyl groups is 1. The number of carbonyl (C=O) groups is 1. The number of nitriles is 1. The monoisotopic (exact) mass is 479 g/mol. The van der Waals surface area contributed by atoms with Crippen LogP contribution in [0.4, 0.5) is 11.8 Å². The van der Waals surface area contributed by atoms with Crippen molar-refractivity contribution in [2.24, 2.45) is 5.92 Å². The van der Waals surface area contributed by atoms with Gasteiger partial charge < -0.3 is 21.1 Å². The van der Waals surface area contributed by atoms with Crippen molar-refractivity contribution in [2.75, 3.05) is 23.8 Å². The summed E-state index contributed by atoms with van der Waals surface area (Å²) in [4.78, 5) is 33.2. The van der Waals surface area contributed by atoms with E-state index in [9.17, 15) is 20.0 Å². The predicted octanol–water partition coefficient (Wildman–Crippen LogP) is -0.268. The second-order valence-electron chi connectivity index (χ2n) is 7.16. The Labute approximate surface area is 200 Å². The third-order valence-corrected chi connectivity index (χ3v) is 5.53. The second kappa shape index (κ2) is 12.8. The first-order valence-electron chi connectivity index (χ1n) is 10.4. The molecular formula is C23H25N7O3S. The van der Waals surface area contributed by atoms with Gasteiger partial charge in [-0.3, -0.25) is 14.2 Å². The average molecular weight is 480 g/mol. The van der Waals surface area contributed by atoms with E-state index in [-0.39, 0.29) is 46.7 Å². The van der Waals surface area contributed by atoms with Crippen LogP contribution in [0.1, 0.15) is 20.8 Å². The number of hydrogen-bond acceptors (Lipinski definition) is 9. The van der Waals surface area contributed by atoms with Gasteiger partial charge >= 0.3 is 0 Å². The Morgan fingerprint density at radius 3 is 2.82 bits per heavy atom. The number of thiazole rings is 1. The summed E-state index contributed by atoms with van der Waals surface area (Å²) < 4.78 is 1.93. The van der Waals surface area contributed by atoms with Crippen LogP contribution in [-0.4, -0.2) is 44.7 Å². The van der Waals surface area contributed by atoms with Crippen molar-refractivity contribution in [3.05, 3.63) is 43.6 Å². The highest BCUT2D eigenvalue weighted by molar-refractivity contribution is 7.07. The molecule has 0 bridgehead atoms. The zero-order valence-corrected chi connectivity index (χ0v) is 19.9. The summed E-state index contributed by atoms with van der Waals surface area (Å²) in [6, 6.07) is 3.30. The van der Waals surface area contributed by atoms with Gasteiger partial charge in [-0.05, 0) is 18.9 Å². The quantitative estimate of drug-likeness (QED) is 0.219. The number of terminal acetylenes is 1. The Morgan fingerprint density at radius 1 is 1.44 bits per heavy atom. The van der Waals surface area contributed by atoms with Crippen molar-refractivity contribution >= 4 is 40.5 Å². The highest BCUT2D eigenvalue weighted by atomic mass is 32.1. The molecule has 2 aromatic heterocycles. The Hall–Kier alpha value is -4.11. The fraction of sp³-hybridized carbons (Fsp3) is 0.348. The van der Waals surface area contributed by atoms with Crippen LogP contribution < -0.4 is 30.7 Å². The van der Waals surface area contributed by atoms with Crippen LogP contribution in [0, 0.1) is 29.6 Å². The molecule has 0 aliphatic heterocycles. The summed E-state index contributed by atoms with van der Waals surface area (Å²) in [5, 5.41) is 27.2. The van der Waals surface area contributed by atoms with Crippen LogP contribution in [0.15, 0.2) is 28.8 Å². The number of nitrogens with zero attached hydrogens (tertiary/aromatic N) is 4. The fourth-order valence-corrected chi connectivity index (χ4v) is 3.62. The van der Waals surface area contributed by atoms with E-state index < -0.39 is 5.91 Å². The molecule has 11 heteroatoms. The minimum atomic E-state index is -0.668. The van der Waals surface area contributed by atoms with Crippen LogP contribution in [0.25, 0.3) is 11.5 Å². The smallest absolute Gasteiger partial charge is 0.277 e. The lowest BCUT2D eigenvalue weighted by Crippen LogP contribution is -2.30. The Bertz CT molecular complexity index is 1360. The van der Waals surface area contributed by atoms with Gasteiger partial charge in [0.25, 0.3) is 11.5 Å². The third kappa shape index (κ3) is 6.94. The molecule has 0 saturated carbocycles. The van der Waals surface area contributed by atoms with Gasteiger partial charge in [-0.15, -0.1) is 6.42 Å². The van der Waals surface area contributed by atoms with Crippen LogP contribution in [0.5, 0.6) is 0 Å². The first-order valence-corrected chi connectivity index (χ1v) is 11.2. The molecule has 176 valence electrons. The summed E-state index contributed by atoms with van der Waals surface area (Å²) in [6.45, 7) is 5.99. The van der Waals surface area contributed by atoms with Gasteiger partial charge in [-0.1, -0.05) is 42.6 Å². The van der Waals surface area contributed by atoms with E-state index in [1.165, 1.54) is 10.8 Å². The summed E-state index contributed by atoms with van der Waals surface area (Å²) in [5.41, 5.74) is 4.92. The molecule has 0 aliphatic rings. The third-order valence-electron chi connectivity index (χ3n) is 4.52. The molecule has 34 heavy (non-hydrogen) atoms. The van der Waals surface area contributed by atoms with Crippen molar-refractivity contribution in [1.29, 1.82) is 5.26 Å². The largest absolute Gasteiger partial charge is 0.394 e. The second-order valence-corrected chi connectivity index (χ2v) is 8.16. The normalized spacial score (nSPS) is 10.8. The maximum Gasteiger partial charge on any atom is 0.277 e. The number of aliphatic hydroxyl groups excluding tert-OH is 1. The molecule has 4 N–H and O–H groups in total. The number of carbonyl (C=O) groups excluding carboxylic acids is 1. The zero-order chi connectivity index (χ0) is 25.1. The van der Waals surface area contributed by atoms with Crippen LogP contribution in [-0.2, 0) is 11.3 Å². The maximum absolute atomic E-state index is 12.7. The van der Waals surface area contributed by atoms with E-state index in [0.717, 1.165) is 11.3 Å². The van der Waals surface area contributed by atoms with Crippen molar-refractivity contribution in [3.63, 3.8) is 0 Å². The number of rotatable bonds is 9. The summed E-state index contributed by atoms with van der Waals surface area (Å²) in [7, 11) is 0. The summed E-state index contributed by atoms with van der Waals surface area (Å²) in [6.07, 6.45) is 8.07. The summed E-state index contributed by atoms with van der Waals surface area (Å²) >= 11 is 1.03. The zero-order valence-electron chi connectivity index (χ0n) is 19.0. The molecule has 10 nitrogen and oxygen atoms in total. The molecule has 0 spiro atoms. The molecule has 0 aliphatic carbocycles. The standard InChI is InChI=1S/C23H25N7O3S/c1-5-9-25-21(32)16(13-24)12-20-30(6-2)22(33)18(34-20)7-10-26-23-27-11-8-19(29-23)28-17(14-31)15(3)4/h1,8,10-11,15,17,31H,6,9,14H2,2-4H3,(H,25,32)(H2,26,27,28,29)/t7?,12?,17-/m0/s1. The molecule has 1 amide bonds. The van der Waals surface area contributed by atoms with E-state index in [2.05, 4.69) is 43.3 Å². The molecule has 1 atom stereocenters. The van der Waals surface area contributed by atoms with Crippen LogP contribution in [0.3, 0.4) is 0 Å². The minimum Gasteiger partial charge on any atom is -0.394 e. The topological polar surface area (TPSA) is 145 Å². The lowest BCUT2D eigenvalue weighted by atomic mass is 10.1. The van der Waals surface area contributed by atoms with Crippen LogP contribution in [0.2, 0.25) is 0 Å². The first kappa shape index (κ1) is 26.1. The average Bonchev–Trinajstić information content (AvgIpc) is 3.13. The van der Waals surface area contributed by atoms with Gasteiger partial charge in [0.05, 0.1) is 19.2 Å². The van der Waals surface area contributed by atoms with Gasteiger partial charge in [0.1, 0.15) is 21.1 Å². The van der Waals surface area contributed by atoms with Gasteiger partial charge in [0, 0.05) is 18.9 Å². The highest BCUT2D eigenvalue weighted by Crippen LogP contribution is 2.11. The molecule has 0 radical (unpaired) electrons. The molecule has 2 heterocycles. The van der Waals surface area contributed by atoms with Gasteiger partial charge in [0.2, 0.25) is 5.95 Å². The molecule has 2 rings (SSSR count). The van der Waals surface area contributed by atoms with Gasteiger partial charge in [0.15, 0.2) is 5.57 Å². The van der Waals surface area contributed by atoms with Crippen molar-refractivity contribution in [3.8, 4) is 18.4 Å². The number of nitrogens with one attached hydrogen (secondary N) is 3. The van der Waals surface area contributed by atoms with E-state index in [1.807, 2.05) is 13.8 Å². The number of amides is 1.